The summed E-state index contributed by atoms with van der Waals surface area (Å²) in [6.07, 6.45) is -38.4. The molecular weight excluding hydrogens is 1010 g/mol. The molecule has 36 heteroatoms. The average molecular weight is 1090 g/mol. The fraction of sp³-hybridized carbons (Fsp3) is 1.00. The number of rotatable bonds is 30. The zero-order chi connectivity index (χ0) is 58.3. The van der Waals surface area contributed by atoms with E-state index >= 15 is 0 Å². The van der Waals surface area contributed by atoms with Crippen LogP contribution < -0.4 is 0 Å². The van der Waals surface area contributed by atoms with Gasteiger partial charge in [0.05, 0.1) is 79.3 Å². The molecule has 0 aromatic carbocycles. The van der Waals surface area contributed by atoms with Crippen molar-refractivity contribution < 1.29 is 184 Å². The maximum Gasteiger partial charge on any atom is 0.111 e. The Hall–Kier alpha value is -1.44. The molecule has 0 aliphatic heterocycles. The number of hydrogen-bond acceptors (Lipinski definition) is 36. The first-order chi connectivity index (χ1) is 33.2. The summed E-state index contributed by atoms with van der Waals surface area (Å²) >= 11 is 0. The minimum atomic E-state index is -1.67. The molecule has 36 nitrogen and oxygen atoms in total. The van der Waals surface area contributed by atoms with E-state index in [0.29, 0.717) is 0 Å². The van der Waals surface area contributed by atoms with Gasteiger partial charge in [-0.2, -0.15) is 0 Å². The van der Waals surface area contributed by atoms with Gasteiger partial charge in [0.15, 0.2) is 0 Å². The molecule has 0 rings (SSSR count). The normalized spacial score (nSPS) is 21.5. The topological polar surface area (TPSA) is 728 Å². The summed E-state index contributed by atoms with van der Waals surface area (Å²) < 4.78 is 0. The third kappa shape index (κ3) is 35.0. The monoisotopic (exact) mass is 1090 g/mol. The van der Waals surface area contributed by atoms with Crippen molar-refractivity contribution in [2.45, 2.75) is 146 Å². The Labute approximate surface area is 409 Å². The molecule has 0 fully saturated rings. The number of aliphatic hydroxyl groups is 36. The molecular formula is C36H84O36. The number of hydrogen-bond donors (Lipinski definition) is 36. The van der Waals surface area contributed by atoms with Gasteiger partial charge in [0.2, 0.25) is 0 Å². The second-order valence-electron chi connectivity index (χ2n) is 14.9. The lowest BCUT2D eigenvalue weighted by Gasteiger charge is -2.24. The highest BCUT2D eigenvalue weighted by molar-refractivity contribution is 4.83. The highest BCUT2D eigenvalue weighted by atomic mass is 16.4. The maximum absolute atomic E-state index is 8.96. The fourth-order valence-corrected chi connectivity index (χ4v) is 4.03. The SMILES string of the molecule is OCC(O)C(O)C(O)C(O)CO.OCC(O)C(O)C(O)C(O)CO.OCC(O)C(O)C(O)C(O)CO.OCC(O)C(O)C(O)C(O)CO.OCC(O)C(O)C(O)C(O)CO.OCC(O)C(O)C(O)C(O)CO. The van der Waals surface area contributed by atoms with E-state index in [1.807, 2.05) is 0 Å². The summed E-state index contributed by atoms with van der Waals surface area (Å²) in [5.74, 6) is 0. The Balaban J connectivity index is -0.000000181. The largest absolute Gasteiger partial charge is 0.394 e. The standard InChI is InChI=1S/6C6H14O6/c6*7-1-3(9)5(11)6(12)4(10)2-8/h6*3-12H,1-2H2. The van der Waals surface area contributed by atoms with Crippen molar-refractivity contribution in [2.75, 3.05) is 79.3 Å². The zero-order valence-corrected chi connectivity index (χ0v) is 38.4. The van der Waals surface area contributed by atoms with Gasteiger partial charge in [-0.3, -0.25) is 0 Å². The quantitative estimate of drug-likeness (QED) is 0.0318. The first-order valence-corrected chi connectivity index (χ1v) is 20.9. The fourth-order valence-electron chi connectivity index (χ4n) is 4.03. The summed E-state index contributed by atoms with van der Waals surface area (Å²) in [7, 11) is 0. The van der Waals surface area contributed by atoms with E-state index in [9.17, 15) is 0 Å². The minimum absolute atomic E-state index is 0.726. The van der Waals surface area contributed by atoms with Crippen LogP contribution in [0.15, 0.2) is 0 Å². The number of aliphatic hydroxyl groups excluding tert-OH is 36. The van der Waals surface area contributed by atoms with Crippen molar-refractivity contribution in [2.24, 2.45) is 0 Å². The Kier molecular flexibility index (Phi) is 54.6. The van der Waals surface area contributed by atoms with Crippen LogP contribution in [0.25, 0.3) is 0 Å². The first-order valence-electron chi connectivity index (χ1n) is 20.9. The van der Waals surface area contributed by atoms with Gasteiger partial charge in [-0.25, -0.2) is 0 Å². The molecule has 24 atom stereocenters. The molecule has 444 valence electrons. The molecule has 0 radical (unpaired) electrons. The molecule has 36 N–H and O–H groups in total. The van der Waals surface area contributed by atoms with E-state index in [2.05, 4.69) is 0 Å². The molecule has 0 heterocycles. The van der Waals surface area contributed by atoms with Crippen LogP contribution in [0.1, 0.15) is 0 Å². The molecule has 0 amide bonds. The summed E-state index contributed by atoms with van der Waals surface area (Å²) in [5.41, 5.74) is 0. The lowest BCUT2D eigenvalue weighted by molar-refractivity contribution is -0.123. The predicted molar refractivity (Wildman–Crippen MR) is 229 cm³/mol. The summed E-state index contributed by atoms with van der Waals surface area (Å²) in [6.45, 7) is -8.71. The maximum atomic E-state index is 8.96. The van der Waals surface area contributed by atoms with Crippen molar-refractivity contribution in [1.82, 2.24) is 0 Å². The van der Waals surface area contributed by atoms with Crippen molar-refractivity contribution in [1.29, 1.82) is 0 Å². The minimum Gasteiger partial charge on any atom is -0.394 e. The van der Waals surface area contributed by atoms with E-state index in [4.69, 9.17) is 184 Å². The van der Waals surface area contributed by atoms with Crippen molar-refractivity contribution in [3.05, 3.63) is 0 Å². The van der Waals surface area contributed by atoms with Crippen LogP contribution >= 0.6 is 0 Å². The van der Waals surface area contributed by atoms with Crippen LogP contribution in [0.4, 0.5) is 0 Å². The third-order valence-corrected chi connectivity index (χ3v) is 9.07. The molecule has 0 aliphatic carbocycles. The lowest BCUT2D eigenvalue weighted by atomic mass is 10.0. The Morgan fingerprint density at radius 2 is 0.153 bits per heavy atom. The molecule has 0 aliphatic rings. The zero-order valence-electron chi connectivity index (χ0n) is 38.4. The first kappa shape index (κ1) is 81.9. The van der Waals surface area contributed by atoms with Gasteiger partial charge in [-0.1, -0.05) is 0 Å². The second-order valence-corrected chi connectivity index (χ2v) is 14.9. The van der Waals surface area contributed by atoms with Gasteiger partial charge in [0, 0.05) is 0 Å². The van der Waals surface area contributed by atoms with Gasteiger partial charge in [0.1, 0.15) is 146 Å². The Morgan fingerprint density at radius 1 is 0.111 bits per heavy atom. The van der Waals surface area contributed by atoms with Gasteiger partial charge < -0.3 is 184 Å². The molecule has 0 saturated heterocycles. The van der Waals surface area contributed by atoms with E-state index < -0.39 is 226 Å². The van der Waals surface area contributed by atoms with Crippen LogP contribution in [0, 0.1) is 0 Å². The van der Waals surface area contributed by atoms with Crippen molar-refractivity contribution in [3.63, 3.8) is 0 Å². The lowest BCUT2D eigenvalue weighted by Crippen LogP contribution is -2.46. The molecule has 0 aromatic rings. The van der Waals surface area contributed by atoms with Gasteiger partial charge in [-0.05, 0) is 0 Å². The predicted octanol–water partition coefficient (Wildman–Crippen LogP) is -21.5. The molecule has 72 heavy (non-hydrogen) atoms. The molecule has 0 bridgehead atoms. The highest BCUT2D eigenvalue weighted by Gasteiger charge is 2.33. The molecule has 0 saturated carbocycles. The van der Waals surface area contributed by atoms with Crippen molar-refractivity contribution in [3.8, 4) is 0 Å². The third-order valence-electron chi connectivity index (χ3n) is 9.07. The van der Waals surface area contributed by atoms with E-state index in [0.717, 1.165) is 0 Å². The molecule has 0 aromatic heterocycles. The van der Waals surface area contributed by atoms with E-state index in [1.54, 1.807) is 0 Å². The van der Waals surface area contributed by atoms with Gasteiger partial charge in [-0.15, -0.1) is 0 Å². The second kappa shape index (κ2) is 48.0. The Morgan fingerprint density at radius 3 is 0.181 bits per heavy atom. The molecule has 24 unspecified atom stereocenters. The van der Waals surface area contributed by atoms with Crippen LogP contribution in [0.3, 0.4) is 0 Å². The van der Waals surface area contributed by atoms with E-state index in [-0.39, 0.29) is 0 Å². The van der Waals surface area contributed by atoms with Crippen LogP contribution in [-0.2, 0) is 0 Å². The summed E-state index contributed by atoms with van der Waals surface area (Å²) in [4.78, 5) is 0. The smallest absolute Gasteiger partial charge is 0.111 e. The van der Waals surface area contributed by atoms with Gasteiger partial charge >= 0.3 is 0 Å². The summed E-state index contributed by atoms with van der Waals surface area (Å²) in [5, 5.41) is 313. The van der Waals surface area contributed by atoms with Crippen LogP contribution in [0.5, 0.6) is 0 Å². The highest BCUT2D eigenvalue weighted by Crippen LogP contribution is 2.08. The average Bonchev–Trinajstić information content (AvgIpc) is 3.42. The van der Waals surface area contributed by atoms with E-state index in [1.165, 1.54) is 0 Å². The van der Waals surface area contributed by atoms with Gasteiger partial charge in [0.25, 0.3) is 0 Å². The van der Waals surface area contributed by atoms with Crippen LogP contribution in [-0.4, -0.2) is 410 Å². The summed E-state index contributed by atoms with van der Waals surface area (Å²) in [6, 6.07) is 0. The Bertz CT molecular complexity index is 845. The van der Waals surface area contributed by atoms with Crippen LogP contribution in [0.2, 0.25) is 0 Å². The van der Waals surface area contributed by atoms with Crippen molar-refractivity contribution >= 4 is 0 Å². The molecule has 0 spiro atoms.